The number of aromatic nitrogens is 1. The fourth-order valence-corrected chi connectivity index (χ4v) is 10.2. The summed E-state index contributed by atoms with van der Waals surface area (Å²) >= 11 is 2.02. The van der Waals surface area contributed by atoms with Crippen molar-refractivity contribution in [3.8, 4) is 11.3 Å². The molecule has 6 rings (SSSR count). The molecular weight excluding hydrogens is 787 g/mol. The van der Waals surface area contributed by atoms with Gasteiger partial charge < -0.3 is 5.11 Å². The number of para-hydroxylation sites is 1. The summed E-state index contributed by atoms with van der Waals surface area (Å²) in [4.78, 5) is 18.8. The first-order valence-corrected chi connectivity index (χ1v) is 18.2. The van der Waals surface area contributed by atoms with Crippen LogP contribution in [0, 0.1) is 41.6 Å². The molecule has 3 nitrogen and oxygen atoms in total. The number of aliphatic hydroxyl groups excluding tert-OH is 1. The van der Waals surface area contributed by atoms with Crippen molar-refractivity contribution in [1.29, 1.82) is 0 Å². The molecule has 1 aliphatic heterocycles. The number of aliphatic hydroxyl groups is 1. The second-order valence-electron chi connectivity index (χ2n) is 15.3. The minimum absolute atomic E-state index is 0. The summed E-state index contributed by atoms with van der Waals surface area (Å²) in [6.45, 7) is 21.4. The standard InChI is InChI=1S/C26H20NS.C17H32O2.Ir/c1-26(2)23-17(21-15-14-16-8-3-5-12-20(16)27-21)10-7-11-19(23)25-24(26)18-9-4-6-13-22(18)28-25;1-10(2)16(11(3)4)14(18)9-15(19)17(12(5)6)13(7)8;/h3-9,11-15,24-25H,1-2H3;9-13,16-18H,1-8H3;/q-1;;/b;14-9-;. The van der Waals surface area contributed by atoms with Gasteiger partial charge >= 0.3 is 0 Å². The molecule has 0 bridgehead atoms. The van der Waals surface area contributed by atoms with Crippen LogP contribution < -0.4 is 0 Å². The average molecular weight is 839 g/mol. The average Bonchev–Trinajstić information content (AvgIpc) is 3.50. The third kappa shape index (κ3) is 7.40. The number of ketones is 1. The van der Waals surface area contributed by atoms with Crippen LogP contribution in [0.5, 0.6) is 0 Å². The molecule has 5 heteroatoms. The second-order valence-corrected chi connectivity index (χ2v) is 16.5. The van der Waals surface area contributed by atoms with Gasteiger partial charge in [-0.2, -0.15) is 0 Å². The summed E-state index contributed by atoms with van der Waals surface area (Å²) < 4.78 is 0. The van der Waals surface area contributed by atoms with Gasteiger partial charge in [0.05, 0.1) is 11.3 Å². The van der Waals surface area contributed by atoms with E-state index in [1.54, 1.807) is 0 Å². The number of carbonyl (C=O) groups excluding carboxylic acids is 1. The molecule has 1 radical (unpaired) electrons. The summed E-state index contributed by atoms with van der Waals surface area (Å²) in [6.07, 6.45) is 1.48. The largest absolute Gasteiger partial charge is 0.512 e. The zero-order valence-corrected chi connectivity index (χ0v) is 33.4. The van der Waals surface area contributed by atoms with Crippen molar-refractivity contribution in [2.45, 2.75) is 90.7 Å². The molecule has 0 amide bonds. The van der Waals surface area contributed by atoms with Gasteiger partial charge in [-0.1, -0.05) is 118 Å². The molecule has 1 aliphatic carbocycles. The van der Waals surface area contributed by atoms with Gasteiger partial charge in [0, 0.05) is 54.1 Å². The summed E-state index contributed by atoms with van der Waals surface area (Å²) in [5, 5.41) is 11.9. The third-order valence-corrected chi connectivity index (χ3v) is 11.7. The van der Waals surface area contributed by atoms with Gasteiger partial charge in [0.15, 0.2) is 5.78 Å². The van der Waals surface area contributed by atoms with Crippen LogP contribution >= 0.6 is 11.8 Å². The Morgan fingerprint density at radius 3 is 2.06 bits per heavy atom. The van der Waals surface area contributed by atoms with Gasteiger partial charge in [-0.3, -0.25) is 9.78 Å². The molecule has 1 aromatic heterocycles. The van der Waals surface area contributed by atoms with E-state index in [1.807, 2.05) is 11.8 Å². The monoisotopic (exact) mass is 839 g/mol. The molecule has 48 heavy (non-hydrogen) atoms. The van der Waals surface area contributed by atoms with Crippen molar-refractivity contribution < 1.29 is 30.0 Å². The molecule has 257 valence electrons. The number of nitrogens with zero attached hydrogens (tertiary/aromatic N) is 1. The van der Waals surface area contributed by atoms with Crippen LogP contribution in [0.2, 0.25) is 0 Å². The van der Waals surface area contributed by atoms with E-state index in [9.17, 15) is 9.90 Å². The van der Waals surface area contributed by atoms with Crippen molar-refractivity contribution in [3.63, 3.8) is 0 Å². The smallest absolute Gasteiger partial charge is 0.162 e. The minimum Gasteiger partial charge on any atom is -0.512 e. The van der Waals surface area contributed by atoms with E-state index in [0.717, 1.165) is 11.2 Å². The van der Waals surface area contributed by atoms with Crippen LogP contribution in [0.1, 0.15) is 97.1 Å². The van der Waals surface area contributed by atoms with Crippen molar-refractivity contribution >= 4 is 28.4 Å². The molecule has 0 fully saturated rings. The van der Waals surface area contributed by atoms with Gasteiger partial charge in [0.2, 0.25) is 0 Å². The first-order valence-electron chi connectivity index (χ1n) is 17.3. The maximum atomic E-state index is 12.3. The summed E-state index contributed by atoms with van der Waals surface area (Å²) in [6, 6.07) is 29.5. The Hall–Kier alpha value is -2.72. The molecular formula is C43H52IrNO2S-. The summed E-state index contributed by atoms with van der Waals surface area (Å²) in [5.74, 6) is 2.13. The van der Waals surface area contributed by atoms with Crippen molar-refractivity contribution in [3.05, 3.63) is 107 Å². The fourth-order valence-electron chi connectivity index (χ4n) is 8.45. The minimum atomic E-state index is -0.0119. The van der Waals surface area contributed by atoms with Crippen molar-refractivity contribution in [1.82, 2.24) is 4.98 Å². The maximum absolute atomic E-state index is 12.3. The fraction of sp³-hybridized carbons (Fsp3) is 0.442. The van der Waals surface area contributed by atoms with Gasteiger partial charge in [-0.15, -0.1) is 46.7 Å². The van der Waals surface area contributed by atoms with Crippen molar-refractivity contribution in [2.24, 2.45) is 35.5 Å². The van der Waals surface area contributed by atoms with E-state index in [4.69, 9.17) is 4.98 Å². The predicted octanol–water partition coefficient (Wildman–Crippen LogP) is 11.8. The molecule has 0 spiro atoms. The molecule has 2 atom stereocenters. The van der Waals surface area contributed by atoms with E-state index in [-0.39, 0.29) is 48.9 Å². The number of rotatable bonds is 8. The Labute approximate surface area is 306 Å². The Bertz CT molecular complexity index is 1760. The molecule has 0 saturated heterocycles. The van der Waals surface area contributed by atoms with E-state index >= 15 is 0 Å². The number of carbonyl (C=O) groups is 1. The van der Waals surface area contributed by atoms with Crippen molar-refractivity contribution in [2.75, 3.05) is 0 Å². The van der Waals surface area contributed by atoms with Crippen LogP contribution in [0.3, 0.4) is 0 Å². The number of allylic oxidation sites excluding steroid dienone is 2. The number of pyridine rings is 1. The Kier molecular flexibility index (Phi) is 12.3. The quantitative estimate of drug-likeness (QED) is 0.109. The normalized spacial score (nSPS) is 17.9. The van der Waals surface area contributed by atoms with Crippen LogP contribution in [-0.2, 0) is 30.3 Å². The maximum Gasteiger partial charge on any atom is 0.162 e. The number of hydrogen-bond donors (Lipinski definition) is 1. The first-order chi connectivity index (χ1) is 22.2. The van der Waals surface area contributed by atoms with E-state index in [2.05, 4.69) is 148 Å². The van der Waals surface area contributed by atoms with Gasteiger partial charge in [0.1, 0.15) is 0 Å². The number of hydrogen-bond acceptors (Lipinski definition) is 4. The second kappa shape index (κ2) is 15.4. The third-order valence-electron chi connectivity index (χ3n) is 10.3. The first kappa shape index (κ1) is 38.1. The van der Waals surface area contributed by atoms with Crippen LogP contribution in [0.4, 0.5) is 0 Å². The molecule has 0 saturated carbocycles. The van der Waals surface area contributed by atoms with Crippen LogP contribution in [0.15, 0.2) is 89.5 Å². The molecule has 3 aromatic carbocycles. The SMILES string of the molecule is CC(C)C(C(=O)/C=C(\O)C(C(C)C)C(C)C)C(C)C.CC1(C)c2c(-c3ccc4ccccc4n3)[c-]ccc2C2Sc3ccccc3C21.[Ir]. The summed E-state index contributed by atoms with van der Waals surface area (Å²) in [5.41, 5.74) is 7.66. The molecule has 2 heterocycles. The number of benzene rings is 3. The molecule has 2 aliphatic rings. The topological polar surface area (TPSA) is 50.2 Å². The molecule has 4 aromatic rings. The number of fused-ring (bicyclic) bond motifs is 6. The van der Waals surface area contributed by atoms with E-state index in [0.29, 0.717) is 34.8 Å². The molecule has 1 N–H and O–H groups in total. The van der Waals surface area contributed by atoms with E-state index in [1.165, 1.54) is 38.6 Å². The Morgan fingerprint density at radius 1 is 0.812 bits per heavy atom. The van der Waals surface area contributed by atoms with Crippen LogP contribution in [-0.4, -0.2) is 15.9 Å². The Morgan fingerprint density at radius 2 is 1.42 bits per heavy atom. The zero-order valence-electron chi connectivity index (χ0n) is 30.2. The van der Waals surface area contributed by atoms with Gasteiger partial charge in [-0.25, -0.2) is 0 Å². The summed E-state index contributed by atoms with van der Waals surface area (Å²) in [7, 11) is 0. The van der Waals surface area contributed by atoms with Crippen LogP contribution in [0.25, 0.3) is 22.2 Å². The van der Waals surface area contributed by atoms with Gasteiger partial charge in [-0.05, 0) is 57.9 Å². The number of thioether (sulfide) groups is 1. The zero-order chi connectivity index (χ0) is 34.2. The van der Waals surface area contributed by atoms with Gasteiger partial charge in [0.25, 0.3) is 0 Å². The predicted molar refractivity (Wildman–Crippen MR) is 199 cm³/mol. The Balaban J connectivity index is 0.000000232. The van der Waals surface area contributed by atoms with E-state index < -0.39 is 0 Å². The molecule has 2 unspecified atom stereocenters.